The fourth-order valence-corrected chi connectivity index (χ4v) is 1.88. The number of rotatable bonds is 2. The average molecular weight is 208 g/mol. The molecule has 82 valence electrons. The van der Waals surface area contributed by atoms with Crippen molar-refractivity contribution in [2.45, 2.75) is 6.54 Å². The third kappa shape index (κ3) is 3.01. The van der Waals surface area contributed by atoms with Crippen LogP contribution in [0.5, 0.6) is 0 Å². The minimum atomic E-state index is -0.161. The van der Waals surface area contributed by atoms with Gasteiger partial charge in [-0.3, -0.25) is 4.90 Å². The predicted molar refractivity (Wildman–Crippen MR) is 57.7 cm³/mol. The Bertz CT molecular complexity index is 302. The fraction of sp³-hybridized carbons (Fsp3) is 0.417. The summed E-state index contributed by atoms with van der Waals surface area (Å²) < 4.78 is 12.7. The lowest BCUT2D eigenvalue weighted by atomic mass is 10.2. The number of piperazine rings is 1. The summed E-state index contributed by atoms with van der Waals surface area (Å²) >= 11 is 0. The Morgan fingerprint density at radius 3 is 2.40 bits per heavy atom. The van der Waals surface area contributed by atoms with Crippen LogP contribution in [0.2, 0.25) is 0 Å². The SMILES string of the molecule is [CH2-][NH+]1CCN(Cc2ccc(F)cc2)CC1. The second kappa shape index (κ2) is 4.73. The summed E-state index contributed by atoms with van der Waals surface area (Å²) in [6.45, 7) is 5.28. The molecule has 1 aliphatic heterocycles. The van der Waals surface area contributed by atoms with E-state index >= 15 is 0 Å². The van der Waals surface area contributed by atoms with Crippen molar-refractivity contribution in [2.24, 2.45) is 0 Å². The van der Waals surface area contributed by atoms with E-state index in [4.69, 9.17) is 0 Å². The molecular formula is C12H17FN2. The summed E-state index contributed by atoms with van der Waals surface area (Å²) in [5, 5.41) is 0. The van der Waals surface area contributed by atoms with Crippen LogP contribution in [-0.2, 0) is 6.54 Å². The second-order valence-corrected chi connectivity index (χ2v) is 4.15. The lowest BCUT2D eigenvalue weighted by Crippen LogP contribution is -3.09. The van der Waals surface area contributed by atoms with Crippen molar-refractivity contribution in [3.63, 3.8) is 0 Å². The first-order valence-corrected chi connectivity index (χ1v) is 5.37. The van der Waals surface area contributed by atoms with Crippen LogP contribution in [0.25, 0.3) is 0 Å². The molecule has 1 N–H and O–H groups in total. The van der Waals surface area contributed by atoms with E-state index in [2.05, 4.69) is 11.9 Å². The van der Waals surface area contributed by atoms with E-state index in [1.807, 2.05) is 12.1 Å². The quantitative estimate of drug-likeness (QED) is 0.688. The smallest absolute Gasteiger partial charge is 0.123 e. The highest BCUT2D eigenvalue weighted by Gasteiger charge is 2.13. The molecule has 15 heavy (non-hydrogen) atoms. The maximum atomic E-state index is 12.7. The zero-order valence-electron chi connectivity index (χ0n) is 8.88. The van der Waals surface area contributed by atoms with Crippen LogP contribution in [0, 0.1) is 12.9 Å². The molecule has 0 bridgehead atoms. The topological polar surface area (TPSA) is 7.68 Å². The first-order valence-electron chi connectivity index (χ1n) is 5.37. The number of hydrogen-bond donors (Lipinski definition) is 1. The van der Waals surface area contributed by atoms with Crippen molar-refractivity contribution in [2.75, 3.05) is 26.2 Å². The van der Waals surface area contributed by atoms with E-state index in [-0.39, 0.29) is 5.82 Å². The molecule has 2 nitrogen and oxygen atoms in total. The van der Waals surface area contributed by atoms with Gasteiger partial charge in [-0.25, -0.2) is 4.39 Å². The highest BCUT2D eigenvalue weighted by Crippen LogP contribution is 2.06. The molecule has 0 aromatic heterocycles. The summed E-state index contributed by atoms with van der Waals surface area (Å²) in [4.78, 5) is 3.74. The summed E-state index contributed by atoms with van der Waals surface area (Å²) in [5.41, 5.74) is 1.18. The van der Waals surface area contributed by atoms with Gasteiger partial charge < -0.3 is 4.90 Å². The van der Waals surface area contributed by atoms with Gasteiger partial charge in [0.2, 0.25) is 0 Å². The number of nitrogens with zero attached hydrogens (tertiary/aromatic N) is 1. The molecule has 1 aromatic carbocycles. The summed E-state index contributed by atoms with van der Waals surface area (Å²) in [6, 6.07) is 6.77. The Kier molecular flexibility index (Phi) is 3.34. The summed E-state index contributed by atoms with van der Waals surface area (Å²) in [5.74, 6) is -0.161. The molecule has 1 fully saturated rings. The Balaban J connectivity index is 1.89. The van der Waals surface area contributed by atoms with Gasteiger partial charge in [0.15, 0.2) is 0 Å². The van der Waals surface area contributed by atoms with Gasteiger partial charge in [0.05, 0.1) is 13.1 Å². The van der Waals surface area contributed by atoms with Crippen LogP contribution in [0.4, 0.5) is 4.39 Å². The van der Waals surface area contributed by atoms with Crippen LogP contribution < -0.4 is 4.90 Å². The minimum absolute atomic E-state index is 0.161. The van der Waals surface area contributed by atoms with Crippen molar-refractivity contribution in [3.8, 4) is 0 Å². The molecule has 0 spiro atoms. The maximum Gasteiger partial charge on any atom is 0.123 e. The van der Waals surface area contributed by atoms with Gasteiger partial charge in [-0.05, 0) is 17.7 Å². The predicted octanol–water partition coefficient (Wildman–Crippen LogP) is 0.318. The van der Waals surface area contributed by atoms with Gasteiger partial charge in [-0.15, -0.1) is 0 Å². The first kappa shape index (κ1) is 10.6. The standard InChI is InChI=1S/C12H17FN2/c1-14-6-8-15(9-7-14)10-11-2-4-12(13)5-3-11/h2-5,14H,1,6-10H2. The summed E-state index contributed by atoms with van der Waals surface area (Å²) in [7, 11) is 3.99. The van der Waals surface area contributed by atoms with E-state index in [0.29, 0.717) is 0 Å². The normalized spacial score (nSPS) is 19.3. The summed E-state index contributed by atoms with van der Waals surface area (Å²) in [6.07, 6.45) is 0. The highest BCUT2D eigenvalue weighted by atomic mass is 19.1. The molecule has 0 unspecified atom stereocenters. The lowest BCUT2D eigenvalue weighted by molar-refractivity contribution is -0.858. The van der Waals surface area contributed by atoms with Gasteiger partial charge in [0, 0.05) is 19.6 Å². The zero-order valence-corrected chi connectivity index (χ0v) is 8.88. The average Bonchev–Trinajstić information content (AvgIpc) is 2.25. The molecule has 1 saturated heterocycles. The molecule has 0 saturated carbocycles. The zero-order chi connectivity index (χ0) is 10.7. The third-order valence-corrected chi connectivity index (χ3v) is 2.88. The van der Waals surface area contributed by atoms with Gasteiger partial charge in [0.25, 0.3) is 0 Å². The molecule has 1 aliphatic rings. The molecule has 2 rings (SSSR count). The molecular weight excluding hydrogens is 191 g/mol. The van der Waals surface area contributed by atoms with Gasteiger partial charge in [-0.2, -0.15) is 7.05 Å². The van der Waals surface area contributed by atoms with Crippen molar-refractivity contribution in [1.29, 1.82) is 0 Å². The number of halogens is 1. The Labute approximate surface area is 90.3 Å². The van der Waals surface area contributed by atoms with E-state index < -0.39 is 0 Å². The first-order chi connectivity index (χ1) is 7.24. The van der Waals surface area contributed by atoms with Gasteiger partial charge in [-0.1, -0.05) is 12.1 Å². The fourth-order valence-electron chi connectivity index (χ4n) is 1.88. The van der Waals surface area contributed by atoms with Crippen LogP contribution in [-0.4, -0.2) is 31.1 Å². The maximum absolute atomic E-state index is 12.7. The number of hydrogen-bond acceptors (Lipinski definition) is 1. The van der Waals surface area contributed by atoms with Crippen molar-refractivity contribution in [1.82, 2.24) is 4.90 Å². The molecule has 1 heterocycles. The highest BCUT2D eigenvalue weighted by molar-refractivity contribution is 5.15. The number of quaternary nitrogens is 1. The van der Waals surface area contributed by atoms with E-state index in [1.54, 1.807) is 0 Å². The van der Waals surface area contributed by atoms with Crippen LogP contribution in [0.15, 0.2) is 24.3 Å². The molecule has 0 amide bonds. The number of benzene rings is 1. The van der Waals surface area contributed by atoms with Crippen LogP contribution >= 0.6 is 0 Å². The molecule has 0 atom stereocenters. The lowest BCUT2D eigenvalue weighted by Gasteiger charge is -2.33. The van der Waals surface area contributed by atoms with Crippen molar-refractivity contribution >= 4 is 0 Å². The largest absolute Gasteiger partial charge is 0.466 e. The minimum Gasteiger partial charge on any atom is -0.466 e. The van der Waals surface area contributed by atoms with E-state index in [1.165, 1.54) is 22.6 Å². The molecule has 0 aliphatic carbocycles. The van der Waals surface area contributed by atoms with Crippen LogP contribution in [0.1, 0.15) is 5.56 Å². The molecule has 3 heteroatoms. The monoisotopic (exact) mass is 208 g/mol. The second-order valence-electron chi connectivity index (χ2n) is 4.15. The Hall–Kier alpha value is -0.930. The van der Waals surface area contributed by atoms with Gasteiger partial charge >= 0.3 is 0 Å². The molecule has 0 radical (unpaired) electrons. The Morgan fingerprint density at radius 1 is 1.20 bits per heavy atom. The van der Waals surface area contributed by atoms with Crippen molar-refractivity contribution in [3.05, 3.63) is 42.7 Å². The van der Waals surface area contributed by atoms with Crippen LogP contribution in [0.3, 0.4) is 0 Å². The van der Waals surface area contributed by atoms with Crippen molar-refractivity contribution < 1.29 is 9.29 Å². The molecule has 1 aromatic rings. The van der Waals surface area contributed by atoms with E-state index in [0.717, 1.165) is 32.7 Å². The Morgan fingerprint density at radius 2 is 1.80 bits per heavy atom. The van der Waals surface area contributed by atoms with E-state index in [9.17, 15) is 4.39 Å². The number of nitrogens with one attached hydrogen (secondary N) is 1. The van der Waals surface area contributed by atoms with Gasteiger partial charge in [0.1, 0.15) is 5.82 Å². The third-order valence-electron chi connectivity index (χ3n) is 2.88.